The first kappa shape index (κ1) is 11.7. The molecule has 0 saturated carbocycles. The third kappa shape index (κ3) is 4.60. The summed E-state index contributed by atoms with van der Waals surface area (Å²) >= 11 is 5.65. The van der Waals surface area contributed by atoms with Crippen molar-refractivity contribution in [2.24, 2.45) is 0 Å². The van der Waals surface area contributed by atoms with E-state index in [2.05, 4.69) is 15.3 Å². The Labute approximate surface area is 92.5 Å². The van der Waals surface area contributed by atoms with Crippen LogP contribution in [0.15, 0.2) is 12.4 Å². The van der Waals surface area contributed by atoms with E-state index in [9.17, 15) is 4.79 Å². The molecule has 0 radical (unpaired) electrons. The number of nitrogens with one attached hydrogen (secondary N) is 1. The van der Waals surface area contributed by atoms with E-state index in [4.69, 9.17) is 16.7 Å². The Bertz CT molecular complexity index is 346. The molecule has 0 saturated heterocycles. The van der Waals surface area contributed by atoms with Crippen LogP contribution in [0.25, 0.3) is 0 Å². The van der Waals surface area contributed by atoms with E-state index in [0.717, 1.165) is 0 Å². The third-order valence-corrected chi connectivity index (χ3v) is 1.97. The molecule has 1 heterocycles. The highest BCUT2D eigenvalue weighted by Gasteiger charge is 2.06. The molecule has 1 atom stereocenters. The Balaban J connectivity index is 2.44. The second-order valence-corrected chi connectivity index (χ2v) is 3.59. The molecule has 1 aromatic rings. The summed E-state index contributed by atoms with van der Waals surface area (Å²) in [5, 5.41) is 11.8. The van der Waals surface area contributed by atoms with Gasteiger partial charge in [0.2, 0.25) is 0 Å². The molecule has 5 nitrogen and oxygen atoms in total. The lowest BCUT2D eigenvalue weighted by Crippen LogP contribution is -2.17. The molecule has 1 aromatic heterocycles. The van der Waals surface area contributed by atoms with Crippen LogP contribution >= 0.6 is 11.6 Å². The van der Waals surface area contributed by atoms with E-state index in [1.165, 1.54) is 6.20 Å². The molecule has 0 spiro atoms. The molecule has 1 rings (SSSR count). The number of aliphatic carboxylic acids is 1. The fourth-order valence-corrected chi connectivity index (χ4v) is 1.22. The number of halogens is 1. The van der Waals surface area contributed by atoms with Gasteiger partial charge >= 0.3 is 5.97 Å². The minimum Gasteiger partial charge on any atom is -0.481 e. The van der Waals surface area contributed by atoms with Gasteiger partial charge in [-0.2, -0.15) is 0 Å². The molecule has 0 aliphatic rings. The standard InChI is InChI=1S/C9H12ClN3O2/c1-6(2-3-9(14)15)12-8-5-11-4-7(10)13-8/h4-6H,2-3H2,1H3,(H,12,13)(H,14,15). The first-order valence-corrected chi connectivity index (χ1v) is 4.91. The average Bonchev–Trinajstić information content (AvgIpc) is 2.15. The monoisotopic (exact) mass is 229 g/mol. The molecule has 82 valence electrons. The van der Waals surface area contributed by atoms with E-state index < -0.39 is 5.97 Å². The van der Waals surface area contributed by atoms with Gasteiger partial charge in [-0.05, 0) is 13.3 Å². The van der Waals surface area contributed by atoms with Gasteiger partial charge in [0.05, 0.1) is 12.4 Å². The van der Waals surface area contributed by atoms with Gasteiger partial charge in [-0.25, -0.2) is 4.98 Å². The molecular weight excluding hydrogens is 218 g/mol. The molecular formula is C9H12ClN3O2. The Morgan fingerprint density at radius 2 is 2.40 bits per heavy atom. The molecule has 15 heavy (non-hydrogen) atoms. The van der Waals surface area contributed by atoms with Gasteiger partial charge in [-0.3, -0.25) is 9.78 Å². The summed E-state index contributed by atoms with van der Waals surface area (Å²) in [6, 6.07) is 0.0221. The van der Waals surface area contributed by atoms with E-state index in [1.54, 1.807) is 6.20 Å². The van der Waals surface area contributed by atoms with Crippen LogP contribution in [0.2, 0.25) is 5.15 Å². The molecule has 1 unspecified atom stereocenters. The van der Waals surface area contributed by atoms with E-state index in [1.807, 2.05) is 6.92 Å². The molecule has 0 bridgehead atoms. The van der Waals surface area contributed by atoms with Gasteiger partial charge in [-0.1, -0.05) is 11.6 Å². The van der Waals surface area contributed by atoms with Crippen LogP contribution in [0.3, 0.4) is 0 Å². The van der Waals surface area contributed by atoms with Crippen molar-refractivity contribution in [2.45, 2.75) is 25.8 Å². The molecule has 2 N–H and O–H groups in total. The second kappa shape index (κ2) is 5.50. The summed E-state index contributed by atoms with van der Waals surface area (Å²) in [5.74, 6) is -0.249. The Morgan fingerprint density at radius 1 is 1.67 bits per heavy atom. The second-order valence-electron chi connectivity index (χ2n) is 3.20. The maximum absolute atomic E-state index is 10.3. The van der Waals surface area contributed by atoms with E-state index in [-0.39, 0.29) is 12.5 Å². The van der Waals surface area contributed by atoms with Crippen molar-refractivity contribution >= 4 is 23.4 Å². The third-order valence-electron chi connectivity index (χ3n) is 1.79. The lowest BCUT2D eigenvalue weighted by Gasteiger charge is -2.12. The van der Waals surface area contributed by atoms with Crippen molar-refractivity contribution in [3.63, 3.8) is 0 Å². The molecule has 0 aliphatic heterocycles. The molecule has 0 amide bonds. The van der Waals surface area contributed by atoms with Gasteiger partial charge in [0.1, 0.15) is 11.0 Å². The average molecular weight is 230 g/mol. The number of nitrogens with zero attached hydrogens (tertiary/aromatic N) is 2. The summed E-state index contributed by atoms with van der Waals surface area (Å²) in [5.41, 5.74) is 0. The zero-order valence-corrected chi connectivity index (χ0v) is 9.03. The summed E-state index contributed by atoms with van der Waals surface area (Å²) in [6.45, 7) is 1.88. The molecule has 0 aromatic carbocycles. The highest BCUT2D eigenvalue weighted by atomic mass is 35.5. The van der Waals surface area contributed by atoms with Crippen LogP contribution in [0.5, 0.6) is 0 Å². The maximum atomic E-state index is 10.3. The van der Waals surface area contributed by atoms with Crippen molar-refractivity contribution in [3.8, 4) is 0 Å². The predicted molar refractivity (Wildman–Crippen MR) is 57.0 cm³/mol. The van der Waals surface area contributed by atoms with Gasteiger partial charge < -0.3 is 10.4 Å². The van der Waals surface area contributed by atoms with Crippen molar-refractivity contribution < 1.29 is 9.90 Å². The highest BCUT2D eigenvalue weighted by molar-refractivity contribution is 6.29. The summed E-state index contributed by atoms with van der Waals surface area (Å²) < 4.78 is 0. The lowest BCUT2D eigenvalue weighted by atomic mass is 10.2. The normalized spacial score (nSPS) is 12.1. The quantitative estimate of drug-likeness (QED) is 0.805. The van der Waals surface area contributed by atoms with Crippen LogP contribution in [0.4, 0.5) is 5.82 Å². The molecule has 6 heteroatoms. The van der Waals surface area contributed by atoms with Crippen molar-refractivity contribution in [3.05, 3.63) is 17.5 Å². The van der Waals surface area contributed by atoms with Crippen LogP contribution in [-0.2, 0) is 4.79 Å². The van der Waals surface area contributed by atoms with Crippen LogP contribution in [0, 0.1) is 0 Å². The number of aromatic nitrogens is 2. The van der Waals surface area contributed by atoms with Crippen molar-refractivity contribution in [2.75, 3.05) is 5.32 Å². The van der Waals surface area contributed by atoms with Gasteiger partial charge in [0, 0.05) is 12.5 Å². The van der Waals surface area contributed by atoms with Crippen LogP contribution in [0.1, 0.15) is 19.8 Å². The van der Waals surface area contributed by atoms with E-state index >= 15 is 0 Å². The SMILES string of the molecule is CC(CCC(=O)O)Nc1cncc(Cl)n1. The summed E-state index contributed by atoms with van der Waals surface area (Å²) in [6.07, 6.45) is 3.64. The Hall–Kier alpha value is -1.36. The molecule has 0 aliphatic carbocycles. The summed E-state index contributed by atoms with van der Waals surface area (Å²) in [4.78, 5) is 18.2. The number of carbonyl (C=O) groups is 1. The lowest BCUT2D eigenvalue weighted by molar-refractivity contribution is -0.137. The number of rotatable bonds is 5. The fraction of sp³-hybridized carbons (Fsp3) is 0.444. The Kier molecular flexibility index (Phi) is 4.30. The minimum atomic E-state index is -0.805. The topological polar surface area (TPSA) is 75.1 Å². The van der Waals surface area contributed by atoms with Gasteiger partial charge in [0.15, 0.2) is 0 Å². The first-order valence-electron chi connectivity index (χ1n) is 4.54. The zero-order chi connectivity index (χ0) is 11.3. The number of carboxylic acid groups (broad SMARTS) is 1. The Morgan fingerprint density at radius 3 is 3.00 bits per heavy atom. The number of hydrogen-bond donors (Lipinski definition) is 2. The highest BCUT2D eigenvalue weighted by Crippen LogP contribution is 2.09. The number of anilines is 1. The van der Waals surface area contributed by atoms with Crippen LogP contribution < -0.4 is 5.32 Å². The predicted octanol–water partition coefficient (Wildman–Crippen LogP) is 1.80. The minimum absolute atomic E-state index is 0.0221. The smallest absolute Gasteiger partial charge is 0.303 e. The van der Waals surface area contributed by atoms with Crippen molar-refractivity contribution in [1.82, 2.24) is 9.97 Å². The zero-order valence-electron chi connectivity index (χ0n) is 8.27. The first-order chi connectivity index (χ1) is 7.08. The molecule has 0 fully saturated rings. The fourth-order valence-electron chi connectivity index (χ4n) is 1.08. The van der Waals surface area contributed by atoms with Gasteiger partial charge in [0.25, 0.3) is 0 Å². The summed E-state index contributed by atoms with van der Waals surface area (Å²) in [7, 11) is 0. The van der Waals surface area contributed by atoms with Crippen LogP contribution in [-0.4, -0.2) is 27.1 Å². The van der Waals surface area contributed by atoms with Gasteiger partial charge in [-0.15, -0.1) is 0 Å². The van der Waals surface area contributed by atoms with E-state index in [0.29, 0.717) is 17.4 Å². The largest absolute Gasteiger partial charge is 0.481 e. The number of carboxylic acids is 1. The van der Waals surface area contributed by atoms with Crippen molar-refractivity contribution in [1.29, 1.82) is 0 Å². The number of hydrogen-bond acceptors (Lipinski definition) is 4. The maximum Gasteiger partial charge on any atom is 0.303 e.